The van der Waals surface area contributed by atoms with Crippen molar-refractivity contribution >= 4 is 52.1 Å². The topological polar surface area (TPSA) is 3.24 Å². The van der Waals surface area contributed by atoms with Crippen molar-refractivity contribution in [2.75, 3.05) is 4.90 Å². The van der Waals surface area contributed by atoms with Gasteiger partial charge >= 0.3 is 0 Å². The van der Waals surface area contributed by atoms with E-state index in [0.717, 1.165) is 24.2 Å². The molecule has 0 N–H and O–H groups in total. The zero-order valence-electron chi connectivity index (χ0n) is 24.0. The lowest BCUT2D eigenvalue weighted by Gasteiger charge is -2.25. The Morgan fingerprint density at radius 2 is 0.857 bits per heavy atom. The standard InChI is InChI=1S/C41H35N/c1-2-9-32-20-26-40(27-21-32)42(39-12-7-4-8-13-39)41-28-22-34(23-29-41)15-17-36-19-25-37-30-35(18-24-38(37)31-36)16-14-33-10-5-3-6-11-33/h3-8,10-31H,2,9H2,1H3/b16-14+,17-15+. The highest BCUT2D eigenvalue weighted by molar-refractivity contribution is 5.89. The first-order valence-corrected chi connectivity index (χ1v) is 14.7. The maximum Gasteiger partial charge on any atom is 0.0462 e. The summed E-state index contributed by atoms with van der Waals surface area (Å²) in [5.41, 5.74) is 9.62. The van der Waals surface area contributed by atoms with E-state index in [2.05, 4.69) is 176 Å². The van der Waals surface area contributed by atoms with Gasteiger partial charge in [-0.25, -0.2) is 0 Å². The van der Waals surface area contributed by atoms with Gasteiger partial charge in [0.1, 0.15) is 0 Å². The lowest BCUT2D eigenvalue weighted by atomic mass is 10.0. The van der Waals surface area contributed by atoms with Crippen LogP contribution in [0, 0.1) is 0 Å². The molecule has 0 bridgehead atoms. The number of aryl methyl sites for hydroxylation is 1. The average molecular weight is 542 g/mol. The Balaban J connectivity index is 1.19. The Bertz CT molecular complexity index is 1800. The summed E-state index contributed by atoms with van der Waals surface area (Å²) in [6.07, 6.45) is 11.0. The number of anilines is 3. The van der Waals surface area contributed by atoms with Gasteiger partial charge in [-0.3, -0.25) is 0 Å². The SMILES string of the molecule is CCCc1ccc(N(c2ccccc2)c2ccc(/C=C/c3ccc4cc(/C=C/c5ccccc5)ccc4c3)cc2)cc1. The van der Waals surface area contributed by atoms with Crippen LogP contribution in [0.15, 0.2) is 146 Å². The summed E-state index contributed by atoms with van der Waals surface area (Å²) in [6.45, 7) is 2.22. The number of hydrogen-bond acceptors (Lipinski definition) is 1. The van der Waals surface area contributed by atoms with E-state index in [0.29, 0.717) is 0 Å². The Kier molecular flexibility index (Phi) is 8.38. The van der Waals surface area contributed by atoms with Crippen LogP contribution in [0.3, 0.4) is 0 Å². The Labute approximate surface area is 249 Å². The number of para-hydroxylation sites is 1. The van der Waals surface area contributed by atoms with Crippen molar-refractivity contribution in [3.8, 4) is 0 Å². The molecule has 0 aromatic heterocycles. The second-order valence-electron chi connectivity index (χ2n) is 10.6. The molecule has 0 unspecified atom stereocenters. The highest BCUT2D eigenvalue weighted by Gasteiger charge is 2.12. The van der Waals surface area contributed by atoms with E-state index in [-0.39, 0.29) is 0 Å². The molecular formula is C41H35N. The van der Waals surface area contributed by atoms with Gasteiger partial charge < -0.3 is 4.90 Å². The van der Waals surface area contributed by atoms with E-state index in [9.17, 15) is 0 Å². The summed E-state index contributed by atoms with van der Waals surface area (Å²) in [4.78, 5) is 2.32. The molecule has 1 heteroatoms. The summed E-state index contributed by atoms with van der Waals surface area (Å²) in [7, 11) is 0. The van der Waals surface area contributed by atoms with E-state index in [1.165, 1.54) is 44.3 Å². The highest BCUT2D eigenvalue weighted by Crippen LogP contribution is 2.34. The van der Waals surface area contributed by atoms with Crippen LogP contribution in [0.4, 0.5) is 17.1 Å². The van der Waals surface area contributed by atoms with Crippen molar-refractivity contribution in [2.45, 2.75) is 19.8 Å². The second-order valence-corrected chi connectivity index (χ2v) is 10.6. The molecule has 6 rings (SSSR count). The van der Waals surface area contributed by atoms with Gasteiger partial charge in [0.25, 0.3) is 0 Å². The summed E-state index contributed by atoms with van der Waals surface area (Å²) < 4.78 is 0. The molecule has 0 aliphatic carbocycles. The Morgan fingerprint density at radius 3 is 1.40 bits per heavy atom. The first kappa shape index (κ1) is 27.1. The molecule has 204 valence electrons. The van der Waals surface area contributed by atoms with Gasteiger partial charge in [-0.15, -0.1) is 0 Å². The number of rotatable bonds is 9. The van der Waals surface area contributed by atoms with Crippen molar-refractivity contribution in [3.63, 3.8) is 0 Å². The molecule has 6 aromatic carbocycles. The predicted octanol–water partition coefficient (Wildman–Crippen LogP) is 11.6. The van der Waals surface area contributed by atoms with Crippen LogP contribution < -0.4 is 4.90 Å². The van der Waals surface area contributed by atoms with Gasteiger partial charge in [-0.2, -0.15) is 0 Å². The van der Waals surface area contributed by atoms with Crippen LogP contribution in [0.25, 0.3) is 35.1 Å². The van der Waals surface area contributed by atoms with Crippen molar-refractivity contribution < 1.29 is 0 Å². The third kappa shape index (κ3) is 6.59. The predicted molar refractivity (Wildman–Crippen MR) is 183 cm³/mol. The highest BCUT2D eigenvalue weighted by atomic mass is 15.1. The first-order chi connectivity index (χ1) is 20.7. The molecule has 0 amide bonds. The molecule has 0 heterocycles. The largest absolute Gasteiger partial charge is 0.311 e. The van der Waals surface area contributed by atoms with Gasteiger partial charge in [0, 0.05) is 17.1 Å². The second kappa shape index (κ2) is 13.0. The van der Waals surface area contributed by atoms with Crippen LogP contribution in [0.1, 0.15) is 41.2 Å². The van der Waals surface area contributed by atoms with Gasteiger partial charge in [-0.05, 0) is 93.5 Å². The summed E-state index contributed by atoms with van der Waals surface area (Å²) in [6, 6.07) is 52.0. The van der Waals surface area contributed by atoms with Crippen molar-refractivity contribution in [2.24, 2.45) is 0 Å². The Hall–Kier alpha value is -5.14. The van der Waals surface area contributed by atoms with E-state index in [1.54, 1.807) is 0 Å². The van der Waals surface area contributed by atoms with E-state index >= 15 is 0 Å². The minimum absolute atomic E-state index is 1.11. The fourth-order valence-electron chi connectivity index (χ4n) is 5.30. The maximum absolute atomic E-state index is 2.32. The van der Waals surface area contributed by atoms with Crippen LogP contribution >= 0.6 is 0 Å². The minimum Gasteiger partial charge on any atom is -0.311 e. The van der Waals surface area contributed by atoms with E-state index in [4.69, 9.17) is 0 Å². The molecule has 42 heavy (non-hydrogen) atoms. The molecule has 0 aliphatic heterocycles. The molecule has 0 saturated carbocycles. The van der Waals surface area contributed by atoms with Gasteiger partial charge in [0.15, 0.2) is 0 Å². The molecule has 0 aliphatic rings. The quantitative estimate of drug-likeness (QED) is 0.165. The van der Waals surface area contributed by atoms with Gasteiger partial charge in [0.2, 0.25) is 0 Å². The van der Waals surface area contributed by atoms with Gasteiger partial charge in [-0.1, -0.05) is 135 Å². The van der Waals surface area contributed by atoms with Crippen LogP contribution in [0.5, 0.6) is 0 Å². The van der Waals surface area contributed by atoms with Crippen molar-refractivity contribution in [3.05, 3.63) is 173 Å². The monoisotopic (exact) mass is 541 g/mol. The fourth-order valence-corrected chi connectivity index (χ4v) is 5.30. The van der Waals surface area contributed by atoms with E-state index in [1.807, 2.05) is 6.07 Å². The molecule has 0 saturated heterocycles. The van der Waals surface area contributed by atoms with E-state index < -0.39 is 0 Å². The zero-order chi connectivity index (χ0) is 28.6. The summed E-state index contributed by atoms with van der Waals surface area (Å²) in [5, 5.41) is 2.49. The number of nitrogens with zero attached hydrogens (tertiary/aromatic N) is 1. The Morgan fingerprint density at radius 1 is 0.429 bits per heavy atom. The lowest BCUT2D eigenvalue weighted by molar-refractivity contribution is 0.922. The lowest BCUT2D eigenvalue weighted by Crippen LogP contribution is -2.09. The van der Waals surface area contributed by atoms with Crippen molar-refractivity contribution in [1.29, 1.82) is 0 Å². The zero-order valence-corrected chi connectivity index (χ0v) is 24.0. The minimum atomic E-state index is 1.11. The molecule has 0 fully saturated rings. The van der Waals surface area contributed by atoms with Gasteiger partial charge in [0.05, 0.1) is 0 Å². The third-order valence-corrected chi connectivity index (χ3v) is 7.52. The van der Waals surface area contributed by atoms with Crippen LogP contribution in [-0.4, -0.2) is 0 Å². The number of benzene rings is 6. The molecular weight excluding hydrogens is 506 g/mol. The maximum atomic E-state index is 2.32. The summed E-state index contributed by atoms with van der Waals surface area (Å²) in [5.74, 6) is 0. The first-order valence-electron chi connectivity index (χ1n) is 14.7. The summed E-state index contributed by atoms with van der Waals surface area (Å²) >= 11 is 0. The molecule has 0 atom stereocenters. The normalized spacial score (nSPS) is 11.5. The number of hydrogen-bond donors (Lipinski definition) is 0. The fraction of sp³-hybridized carbons (Fsp3) is 0.0732. The van der Waals surface area contributed by atoms with Crippen molar-refractivity contribution in [1.82, 2.24) is 0 Å². The molecule has 0 spiro atoms. The smallest absolute Gasteiger partial charge is 0.0462 e. The molecule has 1 nitrogen and oxygen atoms in total. The third-order valence-electron chi connectivity index (χ3n) is 7.52. The van der Waals surface area contributed by atoms with Crippen LogP contribution in [-0.2, 0) is 6.42 Å². The van der Waals surface area contributed by atoms with Crippen LogP contribution in [0.2, 0.25) is 0 Å². The average Bonchev–Trinajstić information content (AvgIpc) is 3.05. The molecule has 6 aromatic rings. The number of fused-ring (bicyclic) bond motifs is 1. The molecule has 0 radical (unpaired) electrons.